The number of halogens is 1. The van der Waals surface area contributed by atoms with E-state index in [9.17, 15) is 17.6 Å². The van der Waals surface area contributed by atoms with E-state index in [1.807, 2.05) is 0 Å². The monoisotopic (exact) mass is 350 g/mol. The Balaban J connectivity index is 1.82. The summed E-state index contributed by atoms with van der Waals surface area (Å²) >= 11 is 0. The molecule has 1 heterocycles. The summed E-state index contributed by atoms with van der Waals surface area (Å²) in [6.45, 7) is 0.703. The zero-order valence-electron chi connectivity index (χ0n) is 12.6. The fourth-order valence-electron chi connectivity index (χ4n) is 2.26. The molecule has 8 heteroatoms. The predicted molar refractivity (Wildman–Crippen MR) is 84.7 cm³/mol. The van der Waals surface area contributed by atoms with E-state index >= 15 is 0 Å². The average Bonchev–Trinajstić information content (AvgIpc) is 2.76. The normalized spacial score (nSPS) is 14.3. The van der Waals surface area contributed by atoms with Gasteiger partial charge >= 0.3 is 0 Å². The second kappa shape index (κ2) is 6.58. The molecule has 0 bridgehead atoms. The number of carbonyl (C=O) groups excluding carboxylic acids is 1. The summed E-state index contributed by atoms with van der Waals surface area (Å²) in [6, 6.07) is 9.63. The van der Waals surface area contributed by atoms with Crippen molar-refractivity contribution in [1.82, 2.24) is 10.0 Å². The minimum Gasteiger partial charge on any atom is -0.491 e. The van der Waals surface area contributed by atoms with Crippen LogP contribution in [0.1, 0.15) is 15.9 Å². The molecule has 6 nitrogen and oxygen atoms in total. The first-order valence-electron chi connectivity index (χ1n) is 7.25. The minimum atomic E-state index is -3.82. The van der Waals surface area contributed by atoms with Crippen LogP contribution in [-0.4, -0.2) is 27.5 Å². The molecule has 0 atom stereocenters. The van der Waals surface area contributed by atoms with E-state index < -0.39 is 15.8 Å². The molecule has 2 aromatic rings. The number of ether oxygens (including phenoxy) is 1. The summed E-state index contributed by atoms with van der Waals surface area (Å²) in [6.07, 6.45) is 0. The van der Waals surface area contributed by atoms with E-state index in [4.69, 9.17) is 4.74 Å². The second-order valence-electron chi connectivity index (χ2n) is 5.21. The molecule has 1 amide bonds. The largest absolute Gasteiger partial charge is 0.491 e. The van der Waals surface area contributed by atoms with Crippen LogP contribution < -0.4 is 14.8 Å². The molecule has 0 unspecified atom stereocenters. The molecule has 0 saturated carbocycles. The smallest absolute Gasteiger partial charge is 0.255 e. The third-order valence-electron chi connectivity index (χ3n) is 3.53. The number of rotatable bonds is 4. The van der Waals surface area contributed by atoms with Crippen molar-refractivity contribution >= 4 is 15.9 Å². The Morgan fingerprint density at radius 3 is 2.67 bits per heavy atom. The van der Waals surface area contributed by atoms with Crippen molar-refractivity contribution in [2.75, 3.05) is 13.2 Å². The summed E-state index contributed by atoms with van der Waals surface area (Å²) in [7, 11) is -3.82. The lowest BCUT2D eigenvalue weighted by atomic mass is 10.2. The number of carbonyl (C=O) groups is 1. The van der Waals surface area contributed by atoms with E-state index in [1.54, 1.807) is 0 Å². The van der Waals surface area contributed by atoms with Crippen LogP contribution in [0.4, 0.5) is 4.39 Å². The van der Waals surface area contributed by atoms with Crippen LogP contribution in [0.2, 0.25) is 0 Å². The highest BCUT2D eigenvalue weighted by molar-refractivity contribution is 7.89. The van der Waals surface area contributed by atoms with Crippen molar-refractivity contribution in [2.24, 2.45) is 0 Å². The molecule has 0 radical (unpaired) electrons. The molecule has 2 N–H and O–H groups in total. The van der Waals surface area contributed by atoms with Gasteiger partial charge in [0.15, 0.2) is 0 Å². The molecule has 0 spiro atoms. The van der Waals surface area contributed by atoms with Crippen LogP contribution in [0.25, 0.3) is 0 Å². The average molecular weight is 350 g/mol. The molecular formula is C16H15FN2O4S. The Bertz CT molecular complexity index is 866. The number of sulfonamides is 1. The Hall–Kier alpha value is -2.45. The zero-order chi connectivity index (χ0) is 17.2. The van der Waals surface area contributed by atoms with Crippen LogP contribution in [0, 0.1) is 5.82 Å². The minimum absolute atomic E-state index is 0.0163. The van der Waals surface area contributed by atoms with Gasteiger partial charge in [-0.1, -0.05) is 12.1 Å². The summed E-state index contributed by atoms with van der Waals surface area (Å²) in [5, 5.41) is 2.63. The number of nitrogens with one attached hydrogen (secondary N) is 2. The van der Waals surface area contributed by atoms with Crippen LogP contribution in [0.5, 0.6) is 5.75 Å². The van der Waals surface area contributed by atoms with E-state index in [0.717, 1.165) is 0 Å². The topological polar surface area (TPSA) is 84.5 Å². The van der Waals surface area contributed by atoms with Gasteiger partial charge in [0.2, 0.25) is 10.0 Å². The first kappa shape index (κ1) is 16.4. The molecule has 126 valence electrons. The maximum Gasteiger partial charge on any atom is 0.255 e. The van der Waals surface area contributed by atoms with E-state index in [2.05, 4.69) is 10.0 Å². The Kier molecular flexibility index (Phi) is 4.50. The third-order valence-corrected chi connectivity index (χ3v) is 4.93. The molecule has 1 aliphatic heterocycles. The van der Waals surface area contributed by atoms with Crippen molar-refractivity contribution < 1.29 is 22.3 Å². The van der Waals surface area contributed by atoms with Gasteiger partial charge in [0.05, 0.1) is 17.0 Å². The molecule has 24 heavy (non-hydrogen) atoms. The molecule has 0 aliphatic carbocycles. The molecule has 1 aliphatic rings. The summed E-state index contributed by atoms with van der Waals surface area (Å²) < 4.78 is 45.5. The lowest BCUT2D eigenvalue weighted by molar-refractivity contribution is 0.0957. The zero-order valence-corrected chi connectivity index (χ0v) is 13.4. The van der Waals surface area contributed by atoms with Gasteiger partial charge in [-0.3, -0.25) is 4.79 Å². The van der Waals surface area contributed by atoms with Gasteiger partial charge in [-0.25, -0.2) is 17.5 Å². The highest BCUT2D eigenvalue weighted by Gasteiger charge is 2.21. The second-order valence-corrected chi connectivity index (χ2v) is 6.98. The fourth-order valence-corrected chi connectivity index (χ4v) is 3.31. The molecule has 0 fully saturated rings. The highest BCUT2D eigenvalue weighted by Crippen LogP contribution is 2.24. The molecule has 0 aromatic heterocycles. The summed E-state index contributed by atoms with van der Waals surface area (Å²) in [4.78, 5) is 11.9. The summed E-state index contributed by atoms with van der Waals surface area (Å²) in [5.74, 6) is -0.418. The molecule has 2 aromatic carbocycles. The quantitative estimate of drug-likeness (QED) is 0.874. The van der Waals surface area contributed by atoms with Gasteiger partial charge in [0.25, 0.3) is 5.91 Å². The Morgan fingerprint density at radius 2 is 1.92 bits per heavy atom. The first-order valence-corrected chi connectivity index (χ1v) is 8.73. The van der Waals surface area contributed by atoms with Crippen molar-refractivity contribution in [3.05, 3.63) is 59.4 Å². The van der Waals surface area contributed by atoms with Crippen molar-refractivity contribution in [3.8, 4) is 5.75 Å². The van der Waals surface area contributed by atoms with Gasteiger partial charge in [-0.05, 0) is 35.9 Å². The fraction of sp³-hybridized carbons (Fsp3) is 0.188. The SMILES string of the molecule is O=C1NCCOc2ccc(S(=O)(=O)NCc3ccc(F)cc3)cc21. The van der Waals surface area contributed by atoms with Crippen LogP contribution >= 0.6 is 0 Å². The standard InChI is InChI=1S/C16H15FN2O4S/c17-12-3-1-11(2-4-12)10-19-24(21,22)13-5-6-15-14(9-13)16(20)18-7-8-23-15/h1-6,9,19H,7-8,10H2,(H,18,20). The van der Waals surface area contributed by atoms with E-state index in [0.29, 0.717) is 24.5 Å². The first-order chi connectivity index (χ1) is 11.5. The van der Waals surface area contributed by atoms with Gasteiger partial charge < -0.3 is 10.1 Å². The maximum atomic E-state index is 12.9. The van der Waals surface area contributed by atoms with Gasteiger partial charge in [0, 0.05) is 6.54 Å². The van der Waals surface area contributed by atoms with Crippen molar-refractivity contribution in [1.29, 1.82) is 0 Å². The van der Waals surface area contributed by atoms with Crippen LogP contribution in [0.15, 0.2) is 47.4 Å². The summed E-state index contributed by atoms with van der Waals surface area (Å²) in [5.41, 5.74) is 0.799. The Morgan fingerprint density at radius 1 is 1.17 bits per heavy atom. The lowest BCUT2D eigenvalue weighted by Crippen LogP contribution is -2.25. The van der Waals surface area contributed by atoms with E-state index in [-0.39, 0.29) is 22.9 Å². The van der Waals surface area contributed by atoms with Crippen molar-refractivity contribution in [2.45, 2.75) is 11.4 Å². The van der Waals surface area contributed by atoms with Crippen LogP contribution in [0.3, 0.4) is 0 Å². The molecule has 3 rings (SSSR count). The lowest BCUT2D eigenvalue weighted by Gasteiger charge is -2.10. The van der Waals surface area contributed by atoms with E-state index in [1.165, 1.54) is 42.5 Å². The van der Waals surface area contributed by atoms with Gasteiger partial charge in [-0.15, -0.1) is 0 Å². The molecule has 0 saturated heterocycles. The van der Waals surface area contributed by atoms with Crippen LogP contribution in [-0.2, 0) is 16.6 Å². The van der Waals surface area contributed by atoms with Gasteiger partial charge in [-0.2, -0.15) is 0 Å². The number of hydrogen-bond donors (Lipinski definition) is 2. The molecular weight excluding hydrogens is 335 g/mol. The van der Waals surface area contributed by atoms with Crippen molar-refractivity contribution in [3.63, 3.8) is 0 Å². The number of amides is 1. The maximum absolute atomic E-state index is 12.9. The number of hydrogen-bond acceptors (Lipinski definition) is 4. The highest BCUT2D eigenvalue weighted by atomic mass is 32.2. The number of fused-ring (bicyclic) bond motifs is 1. The predicted octanol–water partition coefficient (Wildman–Crippen LogP) is 1.43. The van der Waals surface area contributed by atoms with Gasteiger partial charge in [0.1, 0.15) is 18.2 Å². The number of benzene rings is 2. The third kappa shape index (κ3) is 3.55. The Labute approximate surface area is 138 Å².